The van der Waals surface area contributed by atoms with Crippen LogP contribution in [0, 0.1) is 11.8 Å². The van der Waals surface area contributed by atoms with Crippen molar-refractivity contribution in [1.29, 1.82) is 0 Å². The van der Waals surface area contributed by atoms with Gasteiger partial charge in [0.05, 0.1) is 5.60 Å². The van der Waals surface area contributed by atoms with Gasteiger partial charge in [0.15, 0.2) is 0 Å². The number of aliphatic hydroxyl groups is 1. The number of rotatable bonds is 4. The molecule has 0 aromatic carbocycles. The average Bonchev–Trinajstić information content (AvgIpc) is 2.39. The molecular formula is C17H27NO. The minimum Gasteiger partial charge on any atom is -0.389 e. The molecule has 0 amide bonds. The first-order chi connectivity index (χ1) is 9.05. The summed E-state index contributed by atoms with van der Waals surface area (Å²) in [6, 6.07) is 4.22. The second-order valence-electron chi connectivity index (χ2n) is 6.39. The van der Waals surface area contributed by atoms with Gasteiger partial charge in [-0.1, -0.05) is 39.7 Å². The first kappa shape index (κ1) is 14.5. The van der Waals surface area contributed by atoms with Crippen molar-refractivity contribution in [2.45, 2.75) is 64.9 Å². The molecule has 1 N–H and O–H groups in total. The van der Waals surface area contributed by atoms with Crippen molar-refractivity contribution in [2.75, 3.05) is 0 Å². The van der Waals surface area contributed by atoms with E-state index in [1.165, 1.54) is 12.0 Å². The summed E-state index contributed by atoms with van der Waals surface area (Å²) < 4.78 is 0. The van der Waals surface area contributed by atoms with Crippen LogP contribution in [-0.4, -0.2) is 15.7 Å². The Labute approximate surface area is 117 Å². The molecule has 0 spiro atoms. The Bertz CT molecular complexity index is 398. The smallest absolute Gasteiger partial charge is 0.0733 e. The van der Waals surface area contributed by atoms with Gasteiger partial charge in [-0.25, -0.2) is 0 Å². The molecule has 2 atom stereocenters. The minimum atomic E-state index is -0.548. The van der Waals surface area contributed by atoms with Crippen molar-refractivity contribution < 1.29 is 5.11 Å². The van der Waals surface area contributed by atoms with Crippen molar-refractivity contribution in [3.8, 4) is 0 Å². The maximum Gasteiger partial charge on any atom is 0.0733 e. The molecule has 1 aromatic rings. The average molecular weight is 261 g/mol. The van der Waals surface area contributed by atoms with E-state index in [0.29, 0.717) is 18.3 Å². The van der Waals surface area contributed by atoms with E-state index in [1.807, 2.05) is 6.20 Å². The van der Waals surface area contributed by atoms with E-state index in [1.54, 1.807) is 0 Å². The predicted octanol–water partition coefficient (Wildman–Crippen LogP) is 3.76. The molecule has 0 aliphatic heterocycles. The number of aromatic nitrogens is 1. The van der Waals surface area contributed by atoms with Crippen molar-refractivity contribution in [3.63, 3.8) is 0 Å². The maximum absolute atomic E-state index is 11.0. The van der Waals surface area contributed by atoms with Crippen LogP contribution in [0.4, 0.5) is 0 Å². The quantitative estimate of drug-likeness (QED) is 0.895. The summed E-state index contributed by atoms with van der Waals surface area (Å²) in [5.74, 6) is 0.953. The van der Waals surface area contributed by atoms with Gasteiger partial charge in [0, 0.05) is 18.3 Å². The minimum absolute atomic E-state index is 0.411. The number of hydrogen-bond acceptors (Lipinski definition) is 2. The highest BCUT2D eigenvalue weighted by atomic mass is 16.3. The lowest BCUT2D eigenvalue weighted by molar-refractivity contribution is -0.0659. The SMILES string of the molecule is CCc1ccc(CC2(O)CCCCC2C(C)C)nc1. The molecule has 0 radical (unpaired) electrons. The second kappa shape index (κ2) is 6.04. The highest BCUT2D eigenvalue weighted by molar-refractivity contribution is 5.16. The standard InChI is InChI=1S/C17H27NO/c1-4-14-8-9-15(18-12-14)11-17(19)10-6-5-7-16(17)13(2)3/h8-9,12-13,16,19H,4-7,10-11H2,1-3H3. The summed E-state index contributed by atoms with van der Waals surface area (Å²) in [7, 11) is 0. The molecule has 1 fully saturated rings. The van der Waals surface area contributed by atoms with Crippen LogP contribution in [0.25, 0.3) is 0 Å². The summed E-state index contributed by atoms with van der Waals surface area (Å²) in [4.78, 5) is 4.52. The Balaban J connectivity index is 2.13. The van der Waals surface area contributed by atoms with Gasteiger partial charge < -0.3 is 5.11 Å². The Kier molecular flexibility index (Phi) is 4.62. The lowest BCUT2D eigenvalue weighted by Gasteiger charge is -2.42. The third-order valence-corrected chi connectivity index (χ3v) is 4.65. The Morgan fingerprint density at radius 1 is 1.37 bits per heavy atom. The molecule has 2 nitrogen and oxygen atoms in total. The fourth-order valence-corrected chi connectivity index (χ4v) is 3.51. The van der Waals surface area contributed by atoms with Crippen LogP contribution < -0.4 is 0 Å². The van der Waals surface area contributed by atoms with E-state index in [2.05, 4.69) is 37.9 Å². The van der Waals surface area contributed by atoms with Crippen molar-refractivity contribution in [3.05, 3.63) is 29.6 Å². The van der Waals surface area contributed by atoms with Gasteiger partial charge in [-0.2, -0.15) is 0 Å². The van der Waals surface area contributed by atoms with Gasteiger partial charge in [0.25, 0.3) is 0 Å². The molecule has 2 heteroatoms. The topological polar surface area (TPSA) is 33.1 Å². The molecule has 2 rings (SSSR count). The largest absolute Gasteiger partial charge is 0.389 e. The first-order valence-electron chi connectivity index (χ1n) is 7.71. The number of nitrogens with zero attached hydrogens (tertiary/aromatic N) is 1. The molecular weight excluding hydrogens is 234 g/mol. The summed E-state index contributed by atoms with van der Waals surface area (Å²) >= 11 is 0. The van der Waals surface area contributed by atoms with E-state index < -0.39 is 5.60 Å². The fraction of sp³-hybridized carbons (Fsp3) is 0.706. The van der Waals surface area contributed by atoms with Crippen LogP contribution in [0.15, 0.2) is 18.3 Å². The zero-order chi connectivity index (χ0) is 13.9. The van der Waals surface area contributed by atoms with E-state index >= 15 is 0 Å². The Hall–Kier alpha value is -0.890. The first-order valence-corrected chi connectivity index (χ1v) is 7.71. The van der Waals surface area contributed by atoms with Gasteiger partial charge in [0.1, 0.15) is 0 Å². The van der Waals surface area contributed by atoms with Crippen LogP contribution >= 0.6 is 0 Å². The third kappa shape index (κ3) is 3.36. The molecule has 1 aromatic heterocycles. The summed E-state index contributed by atoms with van der Waals surface area (Å²) in [5, 5.41) is 11.0. The van der Waals surface area contributed by atoms with Gasteiger partial charge in [-0.05, 0) is 42.7 Å². The molecule has 2 unspecified atom stereocenters. The van der Waals surface area contributed by atoms with Gasteiger partial charge in [-0.3, -0.25) is 4.98 Å². The summed E-state index contributed by atoms with van der Waals surface area (Å²) in [6.45, 7) is 6.60. The van der Waals surface area contributed by atoms with Gasteiger partial charge in [0.2, 0.25) is 0 Å². The third-order valence-electron chi connectivity index (χ3n) is 4.65. The summed E-state index contributed by atoms with van der Waals surface area (Å²) in [5.41, 5.74) is 1.75. The van der Waals surface area contributed by atoms with Gasteiger partial charge in [-0.15, -0.1) is 0 Å². The molecule has 19 heavy (non-hydrogen) atoms. The van der Waals surface area contributed by atoms with Crippen LogP contribution in [0.2, 0.25) is 0 Å². The lowest BCUT2D eigenvalue weighted by Crippen LogP contribution is -2.45. The number of pyridine rings is 1. The number of hydrogen-bond donors (Lipinski definition) is 1. The van der Waals surface area contributed by atoms with Gasteiger partial charge >= 0.3 is 0 Å². The molecule has 0 bridgehead atoms. The fourth-order valence-electron chi connectivity index (χ4n) is 3.51. The van der Waals surface area contributed by atoms with Crippen molar-refractivity contribution >= 4 is 0 Å². The molecule has 0 saturated heterocycles. The van der Waals surface area contributed by atoms with E-state index in [9.17, 15) is 5.11 Å². The zero-order valence-corrected chi connectivity index (χ0v) is 12.5. The lowest BCUT2D eigenvalue weighted by atomic mass is 9.68. The number of aryl methyl sites for hydroxylation is 1. The maximum atomic E-state index is 11.0. The Morgan fingerprint density at radius 2 is 2.16 bits per heavy atom. The van der Waals surface area contributed by atoms with Crippen LogP contribution in [0.3, 0.4) is 0 Å². The monoisotopic (exact) mass is 261 g/mol. The second-order valence-corrected chi connectivity index (χ2v) is 6.39. The summed E-state index contributed by atoms with van der Waals surface area (Å²) in [6.07, 6.45) is 8.16. The molecule has 1 saturated carbocycles. The highest BCUT2D eigenvalue weighted by Gasteiger charge is 2.40. The molecule has 1 aliphatic rings. The van der Waals surface area contributed by atoms with E-state index in [0.717, 1.165) is 31.4 Å². The molecule has 1 heterocycles. The van der Waals surface area contributed by atoms with Crippen LogP contribution in [0.1, 0.15) is 57.7 Å². The van der Waals surface area contributed by atoms with Crippen molar-refractivity contribution in [1.82, 2.24) is 4.98 Å². The predicted molar refractivity (Wildman–Crippen MR) is 79.1 cm³/mol. The van der Waals surface area contributed by atoms with Crippen LogP contribution in [-0.2, 0) is 12.8 Å². The highest BCUT2D eigenvalue weighted by Crippen LogP contribution is 2.40. The van der Waals surface area contributed by atoms with Crippen LogP contribution in [0.5, 0.6) is 0 Å². The van der Waals surface area contributed by atoms with E-state index in [4.69, 9.17) is 0 Å². The van der Waals surface area contributed by atoms with Crippen molar-refractivity contribution in [2.24, 2.45) is 11.8 Å². The Morgan fingerprint density at radius 3 is 2.74 bits per heavy atom. The normalized spacial score (nSPS) is 27.7. The van der Waals surface area contributed by atoms with E-state index in [-0.39, 0.29) is 0 Å². The molecule has 1 aliphatic carbocycles. The zero-order valence-electron chi connectivity index (χ0n) is 12.5. The molecule has 106 valence electrons.